The number of benzene rings is 2. The molecular formula is C20H19N3O3. The first-order valence-electron chi connectivity index (χ1n) is 8.16. The number of nitrogens with two attached hydrogens (primary N) is 1. The lowest BCUT2D eigenvalue weighted by molar-refractivity contribution is 0.0692. The first-order valence-corrected chi connectivity index (χ1v) is 8.16. The summed E-state index contributed by atoms with van der Waals surface area (Å²) in [5.74, 6) is -0.768. The zero-order valence-corrected chi connectivity index (χ0v) is 14.3. The summed E-state index contributed by atoms with van der Waals surface area (Å²) in [6.07, 6.45) is 0. The second-order valence-corrected chi connectivity index (χ2v) is 5.80. The molecule has 0 amide bonds. The number of carboxylic acid groups (broad SMARTS) is 1. The Morgan fingerprint density at radius 1 is 1.15 bits per heavy atom. The highest BCUT2D eigenvalue weighted by molar-refractivity contribution is 5.97. The lowest BCUT2D eigenvalue weighted by Gasteiger charge is -2.08. The fraction of sp³-hybridized carbons (Fsp3) is 0.150. The number of hydrogen-bond donors (Lipinski definition) is 2. The molecule has 0 fully saturated rings. The number of hydrogen-bond acceptors (Lipinski definition) is 5. The van der Waals surface area contributed by atoms with Gasteiger partial charge in [0.05, 0.1) is 5.52 Å². The van der Waals surface area contributed by atoms with E-state index < -0.39 is 5.97 Å². The van der Waals surface area contributed by atoms with Crippen LogP contribution in [0.25, 0.3) is 10.9 Å². The minimum absolute atomic E-state index is 0.116. The van der Waals surface area contributed by atoms with Gasteiger partial charge in [-0.25, -0.2) is 14.8 Å². The van der Waals surface area contributed by atoms with E-state index in [4.69, 9.17) is 10.5 Å². The summed E-state index contributed by atoms with van der Waals surface area (Å²) >= 11 is 0. The number of ether oxygens (including phenoxy) is 1. The van der Waals surface area contributed by atoms with E-state index in [0.717, 1.165) is 16.5 Å². The van der Waals surface area contributed by atoms with E-state index in [-0.39, 0.29) is 11.4 Å². The van der Waals surface area contributed by atoms with Gasteiger partial charge in [0.15, 0.2) is 11.6 Å². The van der Waals surface area contributed by atoms with E-state index in [1.165, 1.54) is 0 Å². The molecule has 0 bridgehead atoms. The normalized spacial score (nSPS) is 11.5. The van der Waals surface area contributed by atoms with Gasteiger partial charge in [-0.3, -0.25) is 0 Å². The Hall–Kier alpha value is -3.25. The highest BCUT2D eigenvalue weighted by Gasteiger charge is 2.14. The minimum Gasteiger partial charge on any atom is -0.476 e. The third-order valence-corrected chi connectivity index (χ3v) is 3.87. The second kappa shape index (κ2) is 7.76. The molecule has 0 atom stereocenters. The lowest BCUT2D eigenvalue weighted by Crippen LogP contribution is -2.04. The van der Waals surface area contributed by atoms with Gasteiger partial charge in [-0.05, 0) is 23.3 Å². The molecule has 0 aliphatic heterocycles. The Morgan fingerprint density at radius 3 is 2.62 bits per heavy atom. The molecule has 0 radical (unpaired) electrons. The summed E-state index contributed by atoms with van der Waals surface area (Å²) in [5, 5.41) is 10.3. The standard InChI is InChI=1S/C20H19N3O3/c1-13(26-12-14-5-3-2-4-6-14)22-18-10-16-8-7-15(11-21)9-17(16)23-19(18)20(24)25/h2-10H,11-12,21H2,1H3,(H,24,25). The SMILES string of the molecule is CC(=Nc1cc2ccc(CN)cc2nc1C(=O)O)OCc1ccccc1. The van der Waals surface area contributed by atoms with Crippen molar-refractivity contribution in [2.24, 2.45) is 10.7 Å². The van der Waals surface area contributed by atoms with E-state index in [1.54, 1.807) is 19.1 Å². The number of aromatic nitrogens is 1. The third kappa shape index (κ3) is 4.04. The second-order valence-electron chi connectivity index (χ2n) is 5.80. The predicted molar refractivity (Wildman–Crippen MR) is 101 cm³/mol. The third-order valence-electron chi connectivity index (χ3n) is 3.87. The van der Waals surface area contributed by atoms with Gasteiger partial charge >= 0.3 is 5.97 Å². The first kappa shape index (κ1) is 17.6. The van der Waals surface area contributed by atoms with Crippen LogP contribution in [0.2, 0.25) is 0 Å². The molecule has 3 N–H and O–H groups in total. The Balaban J connectivity index is 1.92. The zero-order valence-electron chi connectivity index (χ0n) is 14.3. The van der Waals surface area contributed by atoms with Gasteiger partial charge in [-0.15, -0.1) is 0 Å². The molecule has 2 aromatic carbocycles. The van der Waals surface area contributed by atoms with Crippen molar-refractivity contribution in [1.82, 2.24) is 4.98 Å². The number of carboxylic acids is 1. The maximum atomic E-state index is 11.6. The molecule has 1 aromatic heterocycles. The smallest absolute Gasteiger partial charge is 0.356 e. The molecule has 0 unspecified atom stereocenters. The average molecular weight is 349 g/mol. The summed E-state index contributed by atoms with van der Waals surface area (Å²) in [7, 11) is 0. The molecule has 0 saturated heterocycles. The summed E-state index contributed by atoms with van der Waals surface area (Å²) in [6.45, 7) is 2.42. The largest absolute Gasteiger partial charge is 0.476 e. The maximum absolute atomic E-state index is 11.6. The molecule has 0 spiro atoms. The van der Waals surface area contributed by atoms with E-state index >= 15 is 0 Å². The van der Waals surface area contributed by atoms with E-state index in [1.807, 2.05) is 42.5 Å². The monoisotopic (exact) mass is 349 g/mol. The number of fused-ring (bicyclic) bond motifs is 1. The van der Waals surface area contributed by atoms with Crippen LogP contribution in [0.4, 0.5) is 5.69 Å². The van der Waals surface area contributed by atoms with Crippen LogP contribution in [0, 0.1) is 0 Å². The van der Waals surface area contributed by atoms with Crippen LogP contribution in [0.1, 0.15) is 28.5 Å². The van der Waals surface area contributed by atoms with E-state index in [9.17, 15) is 9.90 Å². The molecule has 132 valence electrons. The van der Waals surface area contributed by atoms with Crippen LogP contribution in [-0.2, 0) is 17.9 Å². The average Bonchev–Trinajstić information content (AvgIpc) is 2.66. The number of nitrogens with zero attached hydrogens (tertiary/aromatic N) is 2. The molecule has 26 heavy (non-hydrogen) atoms. The van der Waals surface area contributed by atoms with E-state index in [0.29, 0.717) is 24.6 Å². The minimum atomic E-state index is -1.14. The number of carbonyl (C=O) groups is 1. The van der Waals surface area contributed by atoms with Crippen molar-refractivity contribution >= 4 is 28.5 Å². The Kier molecular flexibility index (Phi) is 5.24. The molecule has 3 aromatic rings. The summed E-state index contributed by atoms with van der Waals surface area (Å²) < 4.78 is 5.63. The molecule has 3 rings (SSSR count). The Bertz CT molecular complexity index is 969. The molecular weight excluding hydrogens is 330 g/mol. The van der Waals surface area contributed by atoms with Crippen molar-refractivity contribution in [1.29, 1.82) is 0 Å². The van der Waals surface area contributed by atoms with Crippen LogP contribution < -0.4 is 5.73 Å². The molecule has 1 heterocycles. The highest BCUT2D eigenvalue weighted by atomic mass is 16.5. The van der Waals surface area contributed by atoms with Gasteiger partial charge in [-0.1, -0.05) is 42.5 Å². The van der Waals surface area contributed by atoms with Gasteiger partial charge in [0, 0.05) is 18.9 Å². The number of aromatic carboxylic acids is 1. The Morgan fingerprint density at radius 2 is 1.92 bits per heavy atom. The van der Waals surface area contributed by atoms with Crippen molar-refractivity contribution in [3.05, 3.63) is 71.4 Å². The van der Waals surface area contributed by atoms with E-state index in [2.05, 4.69) is 9.98 Å². The van der Waals surface area contributed by atoms with Crippen molar-refractivity contribution in [2.45, 2.75) is 20.1 Å². The number of aliphatic imine (C=N–C) groups is 1. The molecule has 6 nitrogen and oxygen atoms in total. The molecule has 0 aliphatic carbocycles. The van der Waals surface area contributed by atoms with Crippen molar-refractivity contribution in [3.63, 3.8) is 0 Å². The van der Waals surface area contributed by atoms with Crippen LogP contribution in [0.5, 0.6) is 0 Å². The fourth-order valence-electron chi connectivity index (χ4n) is 2.53. The first-order chi connectivity index (χ1) is 12.6. The van der Waals surface area contributed by atoms with Gasteiger partial charge in [0.25, 0.3) is 0 Å². The van der Waals surface area contributed by atoms with Gasteiger partial charge in [-0.2, -0.15) is 0 Å². The van der Waals surface area contributed by atoms with Gasteiger partial charge in [0.2, 0.25) is 0 Å². The van der Waals surface area contributed by atoms with Gasteiger partial charge in [0.1, 0.15) is 12.3 Å². The van der Waals surface area contributed by atoms with Crippen molar-refractivity contribution < 1.29 is 14.6 Å². The molecule has 0 aliphatic rings. The summed E-state index contributed by atoms with van der Waals surface area (Å²) in [4.78, 5) is 20.1. The highest BCUT2D eigenvalue weighted by Crippen LogP contribution is 2.25. The maximum Gasteiger partial charge on any atom is 0.356 e. The lowest BCUT2D eigenvalue weighted by atomic mass is 10.1. The van der Waals surface area contributed by atoms with Crippen molar-refractivity contribution in [3.8, 4) is 0 Å². The van der Waals surface area contributed by atoms with Crippen molar-refractivity contribution in [2.75, 3.05) is 0 Å². The fourth-order valence-corrected chi connectivity index (χ4v) is 2.53. The van der Waals surface area contributed by atoms with Crippen LogP contribution in [0.15, 0.2) is 59.6 Å². The van der Waals surface area contributed by atoms with Crippen LogP contribution in [0.3, 0.4) is 0 Å². The molecule has 6 heteroatoms. The zero-order chi connectivity index (χ0) is 18.5. The number of pyridine rings is 1. The molecule has 0 saturated carbocycles. The van der Waals surface area contributed by atoms with Crippen LogP contribution >= 0.6 is 0 Å². The number of rotatable bonds is 5. The van der Waals surface area contributed by atoms with Crippen LogP contribution in [-0.4, -0.2) is 22.0 Å². The Labute approximate surface area is 151 Å². The van der Waals surface area contributed by atoms with Gasteiger partial charge < -0.3 is 15.6 Å². The topological polar surface area (TPSA) is 97.8 Å². The summed E-state index contributed by atoms with van der Waals surface area (Å²) in [5.41, 5.74) is 8.25. The summed E-state index contributed by atoms with van der Waals surface area (Å²) in [6, 6.07) is 16.9. The predicted octanol–water partition coefficient (Wildman–Crippen LogP) is 3.66. The quantitative estimate of drug-likeness (QED) is 0.541.